The van der Waals surface area contributed by atoms with Gasteiger partial charge in [0.1, 0.15) is 0 Å². The maximum Gasteiger partial charge on any atom is 0.269 e. The third-order valence-electron chi connectivity index (χ3n) is 4.14. The van der Waals surface area contributed by atoms with Crippen molar-refractivity contribution in [2.24, 2.45) is 0 Å². The standard InChI is InChI=1S/C18H17ClN2O5/c1-20(10-13-9-14(21(23)24)4-5-15(13)19)18(22)7-3-12-2-6-16-17(8-12)26-11-25-16/h2,4-6,8-9H,3,7,10-11H2,1H3. The van der Waals surface area contributed by atoms with Crippen LogP contribution in [0.25, 0.3) is 0 Å². The van der Waals surface area contributed by atoms with Crippen LogP contribution in [0.3, 0.4) is 0 Å². The molecule has 0 saturated heterocycles. The number of hydrogen-bond acceptors (Lipinski definition) is 5. The van der Waals surface area contributed by atoms with Crippen molar-refractivity contribution < 1.29 is 19.2 Å². The molecule has 7 nitrogen and oxygen atoms in total. The van der Waals surface area contributed by atoms with E-state index >= 15 is 0 Å². The Hall–Kier alpha value is -2.80. The van der Waals surface area contributed by atoms with Crippen molar-refractivity contribution in [3.05, 3.63) is 62.7 Å². The van der Waals surface area contributed by atoms with Gasteiger partial charge in [-0.1, -0.05) is 17.7 Å². The maximum absolute atomic E-state index is 12.4. The number of fused-ring (bicyclic) bond motifs is 1. The Labute approximate surface area is 155 Å². The van der Waals surface area contributed by atoms with E-state index in [0.29, 0.717) is 34.9 Å². The number of hydrogen-bond donors (Lipinski definition) is 0. The van der Waals surface area contributed by atoms with Gasteiger partial charge in [0.15, 0.2) is 11.5 Å². The molecule has 136 valence electrons. The molecule has 26 heavy (non-hydrogen) atoms. The van der Waals surface area contributed by atoms with Gasteiger partial charge in [-0.15, -0.1) is 0 Å². The molecule has 1 heterocycles. The molecular weight excluding hydrogens is 360 g/mol. The highest BCUT2D eigenvalue weighted by molar-refractivity contribution is 6.31. The summed E-state index contributed by atoms with van der Waals surface area (Å²) in [5.74, 6) is 1.31. The van der Waals surface area contributed by atoms with Crippen molar-refractivity contribution >= 4 is 23.2 Å². The van der Waals surface area contributed by atoms with Crippen molar-refractivity contribution in [1.82, 2.24) is 4.90 Å². The van der Waals surface area contributed by atoms with Crippen LogP contribution in [-0.2, 0) is 17.8 Å². The number of nitro benzene ring substituents is 1. The number of aryl methyl sites for hydroxylation is 1. The minimum atomic E-state index is -0.485. The van der Waals surface area contributed by atoms with Crippen LogP contribution in [0.1, 0.15) is 17.5 Å². The highest BCUT2D eigenvalue weighted by atomic mass is 35.5. The van der Waals surface area contributed by atoms with Gasteiger partial charge in [0.25, 0.3) is 5.69 Å². The molecule has 0 atom stereocenters. The van der Waals surface area contributed by atoms with Crippen LogP contribution in [0.5, 0.6) is 11.5 Å². The highest BCUT2D eigenvalue weighted by Crippen LogP contribution is 2.32. The monoisotopic (exact) mass is 376 g/mol. The number of halogens is 1. The SMILES string of the molecule is CN(Cc1cc([N+](=O)[O-])ccc1Cl)C(=O)CCc1ccc2c(c1)OCO2. The van der Waals surface area contributed by atoms with E-state index in [2.05, 4.69) is 0 Å². The molecule has 0 spiro atoms. The summed E-state index contributed by atoms with van der Waals surface area (Å²) >= 11 is 6.09. The Bertz CT molecular complexity index is 855. The first-order chi connectivity index (χ1) is 12.4. The van der Waals surface area contributed by atoms with Gasteiger partial charge in [0.05, 0.1) is 4.92 Å². The minimum absolute atomic E-state index is 0.0504. The second kappa shape index (κ2) is 7.61. The van der Waals surface area contributed by atoms with E-state index in [9.17, 15) is 14.9 Å². The first-order valence-corrected chi connectivity index (χ1v) is 8.37. The number of carbonyl (C=O) groups is 1. The fourth-order valence-corrected chi connectivity index (χ4v) is 2.86. The molecule has 0 fully saturated rings. The Kier molecular flexibility index (Phi) is 5.27. The zero-order valence-corrected chi connectivity index (χ0v) is 14.9. The van der Waals surface area contributed by atoms with E-state index in [1.807, 2.05) is 18.2 Å². The van der Waals surface area contributed by atoms with Crippen LogP contribution in [0.15, 0.2) is 36.4 Å². The molecule has 1 amide bonds. The van der Waals surface area contributed by atoms with Crippen molar-refractivity contribution in [2.45, 2.75) is 19.4 Å². The average molecular weight is 377 g/mol. The Morgan fingerprint density at radius 1 is 1.23 bits per heavy atom. The third-order valence-corrected chi connectivity index (χ3v) is 4.51. The van der Waals surface area contributed by atoms with Crippen LogP contribution >= 0.6 is 11.6 Å². The Balaban J connectivity index is 1.60. The predicted octanol–water partition coefficient (Wildman–Crippen LogP) is 3.57. The molecule has 0 N–H and O–H groups in total. The summed E-state index contributed by atoms with van der Waals surface area (Å²) in [6, 6.07) is 9.80. The molecule has 2 aromatic carbocycles. The van der Waals surface area contributed by atoms with Crippen LogP contribution in [0.2, 0.25) is 5.02 Å². The number of nitrogens with zero attached hydrogens (tertiary/aromatic N) is 2. The largest absolute Gasteiger partial charge is 0.454 e. The second-order valence-corrected chi connectivity index (χ2v) is 6.38. The highest BCUT2D eigenvalue weighted by Gasteiger charge is 2.16. The summed E-state index contributed by atoms with van der Waals surface area (Å²) in [7, 11) is 1.65. The summed E-state index contributed by atoms with van der Waals surface area (Å²) in [6.07, 6.45) is 0.866. The molecule has 0 bridgehead atoms. The number of amides is 1. The molecular formula is C18H17ClN2O5. The van der Waals surface area contributed by atoms with Gasteiger partial charge in [0.2, 0.25) is 12.7 Å². The van der Waals surface area contributed by atoms with Crippen LogP contribution in [-0.4, -0.2) is 29.6 Å². The molecule has 0 unspecified atom stereocenters. The topological polar surface area (TPSA) is 81.9 Å². The summed E-state index contributed by atoms with van der Waals surface area (Å²) in [5, 5.41) is 11.3. The van der Waals surface area contributed by atoms with Gasteiger partial charge < -0.3 is 14.4 Å². The molecule has 3 rings (SSSR count). The molecule has 0 saturated carbocycles. The molecule has 8 heteroatoms. The second-order valence-electron chi connectivity index (χ2n) is 5.97. The Morgan fingerprint density at radius 3 is 2.77 bits per heavy atom. The Morgan fingerprint density at radius 2 is 2.00 bits per heavy atom. The van der Waals surface area contributed by atoms with Gasteiger partial charge in [-0.3, -0.25) is 14.9 Å². The normalized spacial score (nSPS) is 12.1. The van der Waals surface area contributed by atoms with Crippen molar-refractivity contribution in [3.8, 4) is 11.5 Å². The lowest BCUT2D eigenvalue weighted by Gasteiger charge is -2.18. The van der Waals surface area contributed by atoms with E-state index in [1.54, 1.807) is 7.05 Å². The molecule has 1 aliphatic heterocycles. The first kappa shape index (κ1) is 18.0. The third kappa shape index (κ3) is 4.05. The van der Waals surface area contributed by atoms with Crippen molar-refractivity contribution in [2.75, 3.05) is 13.8 Å². The number of ether oxygens (including phenoxy) is 2. The van der Waals surface area contributed by atoms with E-state index in [-0.39, 0.29) is 24.9 Å². The molecule has 0 radical (unpaired) electrons. The van der Waals surface area contributed by atoms with Crippen LogP contribution in [0.4, 0.5) is 5.69 Å². The number of non-ortho nitro benzene ring substituents is 1. The van der Waals surface area contributed by atoms with Crippen molar-refractivity contribution in [3.63, 3.8) is 0 Å². The van der Waals surface area contributed by atoms with E-state index in [0.717, 1.165) is 5.56 Å². The maximum atomic E-state index is 12.4. The quantitative estimate of drug-likeness (QED) is 0.568. The molecule has 0 aromatic heterocycles. The fraction of sp³-hybridized carbons (Fsp3) is 0.278. The minimum Gasteiger partial charge on any atom is -0.454 e. The van der Waals surface area contributed by atoms with Gasteiger partial charge >= 0.3 is 0 Å². The molecule has 2 aromatic rings. The smallest absolute Gasteiger partial charge is 0.269 e. The van der Waals surface area contributed by atoms with E-state index in [4.69, 9.17) is 21.1 Å². The number of nitro groups is 1. The van der Waals surface area contributed by atoms with Crippen LogP contribution < -0.4 is 9.47 Å². The first-order valence-electron chi connectivity index (χ1n) is 7.99. The van der Waals surface area contributed by atoms with Crippen LogP contribution in [0, 0.1) is 10.1 Å². The number of carbonyl (C=O) groups excluding carboxylic acids is 1. The summed E-state index contributed by atoms with van der Waals surface area (Å²) in [4.78, 5) is 24.3. The molecule has 0 aliphatic carbocycles. The number of benzene rings is 2. The van der Waals surface area contributed by atoms with Gasteiger partial charge in [-0.25, -0.2) is 0 Å². The predicted molar refractivity (Wildman–Crippen MR) is 95.5 cm³/mol. The lowest BCUT2D eigenvalue weighted by Crippen LogP contribution is -2.26. The van der Waals surface area contributed by atoms with E-state index < -0.39 is 4.92 Å². The molecule has 1 aliphatic rings. The lowest BCUT2D eigenvalue weighted by atomic mass is 10.1. The summed E-state index contributed by atoms with van der Waals surface area (Å²) in [6.45, 7) is 0.422. The van der Waals surface area contributed by atoms with Gasteiger partial charge in [-0.2, -0.15) is 0 Å². The summed E-state index contributed by atoms with van der Waals surface area (Å²) < 4.78 is 10.6. The van der Waals surface area contributed by atoms with Gasteiger partial charge in [-0.05, 0) is 35.7 Å². The lowest BCUT2D eigenvalue weighted by molar-refractivity contribution is -0.384. The average Bonchev–Trinajstić information content (AvgIpc) is 3.08. The number of rotatable bonds is 6. The fourth-order valence-electron chi connectivity index (χ4n) is 2.68. The van der Waals surface area contributed by atoms with E-state index in [1.165, 1.54) is 23.1 Å². The zero-order chi connectivity index (χ0) is 18.7. The van der Waals surface area contributed by atoms with Gasteiger partial charge in [0, 0.05) is 37.2 Å². The zero-order valence-electron chi connectivity index (χ0n) is 14.1. The van der Waals surface area contributed by atoms with Crippen molar-refractivity contribution in [1.29, 1.82) is 0 Å². The summed E-state index contributed by atoms with van der Waals surface area (Å²) in [5.41, 5.74) is 1.47.